The van der Waals surface area contributed by atoms with E-state index in [4.69, 9.17) is 14.2 Å². The Morgan fingerprint density at radius 1 is 1.14 bits per heavy atom. The van der Waals surface area contributed by atoms with E-state index in [0.29, 0.717) is 43.4 Å². The minimum Gasteiger partial charge on any atom is -0.497 e. The van der Waals surface area contributed by atoms with E-state index < -0.39 is 5.92 Å². The molecule has 2 aliphatic rings. The molecule has 2 aliphatic heterocycles. The van der Waals surface area contributed by atoms with Crippen molar-refractivity contribution in [2.24, 2.45) is 11.8 Å². The number of rotatable bonds is 6. The third-order valence-electron chi connectivity index (χ3n) is 5.50. The molecule has 2 fully saturated rings. The number of nitrogens with zero attached hydrogens (tertiary/aromatic N) is 2. The van der Waals surface area contributed by atoms with Crippen LogP contribution in [0.1, 0.15) is 26.2 Å². The average molecular weight is 404 g/mol. The molecular weight excluding hydrogens is 376 g/mol. The second-order valence-corrected chi connectivity index (χ2v) is 7.32. The third kappa shape index (κ3) is 4.46. The van der Waals surface area contributed by atoms with Crippen molar-refractivity contribution in [3.8, 4) is 11.5 Å². The molecule has 2 amide bonds. The van der Waals surface area contributed by atoms with Gasteiger partial charge in [-0.25, -0.2) is 0 Å². The van der Waals surface area contributed by atoms with Crippen LogP contribution in [0, 0.1) is 11.8 Å². The van der Waals surface area contributed by atoms with Crippen molar-refractivity contribution in [2.75, 3.05) is 45.4 Å². The number of methoxy groups -OCH3 is 2. The van der Waals surface area contributed by atoms with Crippen LogP contribution in [0.2, 0.25) is 0 Å². The van der Waals surface area contributed by atoms with Crippen LogP contribution in [0.15, 0.2) is 18.2 Å². The van der Waals surface area contributed by atoms with E-state index in [1.165, 1.54) is 7.11 Å². The van der Waals surface area contributed by atoms with Gasteiger partial charge in [-0.05, 0) is 31.9 Å². The lowest BCUT2D eigenvalue weighted by molar-refractivity contribution is -0.152. The molecular formula is C21H28N2O6. The third-order valence-corrected chi connectivity index (χ3v) is 5.50. The fourth-order valence-corrected chi connectivity index (χ4v) is 4.00. The predicted molar refractivity (Wildman–Crippen MR) is 106 cm³/mol. The average Bonchev–Trinajstić information content (AvgIpc) is 3.14. The van der Waals surface area contributed by atoms with Crippen LogP contribution >= 0.6 is 0 Å². The monoisotopic (exact) mass is 404 g/mol. The van der Waals surface area contributed by atoms with Gasteiger partial charge in [0.15, 0.2) is 0 Å². The Kier molecular flexibility index (Phi) is 6.61. The lowest BCUT2D eigenvalue weighted by atomic mass is 9.96. The quantitative estimate of drug-likeness (QED) is 0.673. The Bertz CT molecular complexity index is 780. The number of hydrogen-bond acceptors (Lipinski definition) is 6. The molecule has 0 aliphatic carbocycles. The Labute approximate surface area is 170 Å². The van der Waals surface area contributed by atoms with Gasteiger partial charge in [0.25, 0.3) is 0 Å². The molecule has 1 aromatic carbocycles. The molecule has 0 radical (unpaired) electrons. The van der Waals surface area contributed by atoms with Gasteiger partial charge in [0.05, 0.1) is 38.3 Å². The Balaban J connectivity index is 1.70. The van der Waals surface area contributed by atoms with Crippen LogP contribution in [0.25, 0.3) is 0 Å². The van der Waals surface area contributed by atoms with E-state index in [9.17, 15) is 14.4 Å². The molecule has 0 spiro atoms. The predicted octanol–water partition coefficient (Wildman–Crippen LogP) is 1.86. The van der Waals surface area contributed by atoms with Crippen LogP contribution < -0.4 is 14.4 Å². The zero-order valence-electron chi connectivity index (χ0n) is 17.2. The molecule has 0 aromatic heterocycles. The molecule has 0 N–H and O–H groups in total. The van der Waals surface area contributed by atoms with Gasteiger partial charge >= 0.3 is 5.97 Å². The largest absolute Gasteiger partial charge is 0.497 e. The lowest BCUT2D eigenvalue weighted by Crippen LogP contribution is -2.45. The molecule has 2 saturated heterocycles. The Morgan fingerprint density at radius 2 is 1.93 bits per heavy atom. The maximum absolute atomic E-state index is 13.0. The zero-order valence-corrected chi connectivity index (χ0v) is 17.2. The van der Waals surface area contributed by atoms with Crippen LogP contribution in [0.3, 0.4) is 0 Å². The number of ether oxygens (including phenoxy) is 3. The van der Waals surface area contributed by atoms with E-state index in [1.807, 2.05) is 0 Å². The van der Waals surface area contributed by atoms with E-state index >= 15 is 0 Å². The first-order valence-corrected chi connectivity index (χ1v) is 9.96. The van der Waals surface area contributed by atoms with E-state index in [2.05, 4.69) is 0 Å². The number of esters is 1. The summed E-state index contributed by atoms with van der Waals surface area (Å²) >= 11 is 0. The number of carbonyl (C=O) groups is 3. The minimum absolute atomic E-state index is 0.0812. The van der Waals surface area contributed by atoms with Gasteiger partial charge in [-0.3, -0.25) is 14.4 Å². The summed E-state index contributed by atoms with van der Waals surface area (Å²) in [6.45, 7) is 3.36. The minimum atomic E-state index is -0.435. The van der Waals surface area contributed by atoms with Crippen molar-refractivity contribution >= 4 is 23.5 Å². The normalized spacial score (nSPS) is 21.8. The first kappa shape index (κ1) is 21.0. The highest BCUT2D eigenvalue weighted by Gasteiger charge is 2.40. The van der Waals surface area contributed by atoms with Gasteiger partial charge in [-0.1, -0.05) is 0 Å². The fourth-order valence-electron chi connectivity index (χ4n) is 4.00. The topological polar surface area (TPSA) is 85.4 Å². The molecule has 0 bridgehead atoms. The fraction of sp³-hybridized carbons (Fsp3) is 0.571. The summed E-state index contributed by atoms with van der Waals surface area (Å²) in [5.41, 5.74) is 0.622. The highest BCUT2D eigenvalue weighted by atomic mass is 16.5. The van der Waals surface area contributed by atoms with Gasteiger partial charge in [-0.2, -0.15) is 0 Å². The van der Waals surface area contributed by atoms with Crippen molar-refractivity contribution in [2.45, 2.75) is 26.2 Å². The van der Waals surface area contributed by atoms with E-state index in [0.717, 1.165) is 12.8 Å². The van der Waals surface area contributed by atoms with Crippen LogP contribution in [-0.2, 0) is 19.1 Å². The molecule has 0 unspecified atom stereocenters. The first-order chi connectivity index (χ1) is 14.0. The molecule has 29 heavy (non-hydrogen) atoms. The van der Waals surface area contributed by atoms with Gasteiger partial charge in [0.2, 0.25) is 11.8 Å². The van der Waals surface area contributed by atoms with E-state index in [-0.39, 0.29) is 30.1 Å². The SMILES string of the molecule is CCOC(=O)[C@H]1CCCN(C(=O)[C@H]2CC(=O)N(c3ccc(OC)cc3OC)C2)C1. The van der Waals surface area contributed by atoms with Gasteiger partial charge in [0, 0.05) is 32.1 Å². The molecule has 158 valence electrons. The van der Waals surface area contributed by atoms with Crippen molar-refractivity contribution in [3.05, 3.63) is 18.2 Å². The molecule has 3 rings (SSSR count). The second kappa shape index (κ2) is 9.15. The van der Waals surface area contributed by atoms with Crippen molar-refractivity contribution in [3.63, 3.8) is 0 Å². The molecule has 0 saturated carbocycles. The number of carbonyl (C=O) groups excluding carboxylic acids is 3. The standard InChI is InChI=1S/C21H28N2O6/c1-4-29-21(26)14-6-5-9-22(12-14)20(25)15-10-19(24)23(13-15)17-8-7-16(27-2)11-18(17)28-3/h7-8,11,14-15H,4-6,9-10,12-13H2,1-3H3/t14-,15-/m0/s1. The molecule has 1 aromatic rings. The molecule has 8 heteroatoms. The van der Waals surface area contributed by atoms with Gasteiger partial charge in [-0.15, -0.1) is 0 Å². The zero-order chi connectivity index (χ0) is 21.0. The summed E-state index contributed by atoms with van der Waals surface area (Å²) < 4.78 is 15.7. The maximum atomic E-state index is 13.0. The summed E-state index contributed by atoms with van der Waals surface area (Å²) in [7, 11) is 3.09. The Hall–Kier alpha value is -2.77. The number of anilines is 1. The maximum Gasteiger partial charge on any atom is 0.310 e. The van der Waals surface area contributed by atoms with Crippen LogP contribution in [-0.4, -0.2) is 63.1 Å². The molecule has 8 nitrogen and oxygen atoms in total. The van der Waals surface area contributed by atoms with Crippen LogP contribution in [0.4, 0.5) is 5.69 Å². The number of amides is 2. The second-order valence-electron chi connectivity index (χ2n) is 7.32. The number of benzene rings is 1. The molecule has 2 atom stereocenters. The Morgan fingerprint density at radius 3 is 2.62 bits per heavy atom. The van der Waals surface area contributed by atoms with Crippen LogP contribution in [0.5, 0.6) is 11.5 Å². The summed E-state index contributed by atoms with van der Waals surface area (Å²) in [5.74, 6) is -0.0303. The number of likely N-dealkylation sites (tertiary alicyclic amines) is 1. The van der Waals surface area contributed by atoms with Crippen molar-refractivity contribution in [1.29, 1.82) is 0 Å². The van der Waals surface area contributed by atoms with Gasteiger partial charge in [0.1, 0.15) is 11.5 Å². The lowest BCUT2D eigenvalue weighted by Gasteiger charge is -2.33. The number of hydrogen-bond donors (Lipinski definition) is 0. The smallest absolute Gasteiger partial charge is 0.310 e. The summed E-state index contributed by atoms with van der Waals surface area (Å²) in [6.07, 6.45) is 1.63. The summed E-state index contributed by atoms with van der Waals surface area (Å²) in [6, 6.07) is 5.24. The van der Waals surface area contributed by atoms with Crippen molar-refractivity contribution in [1.82, 2.24) is 4.90 Å². The highest BCUT2D eigenvalue weighted by molar-refractivity contribution is 6.01. The van der Waals surface area contributed by atoms with E-state index in [1.54, 1.807) is 42.0 Å². The molecule has 2 heterocycles. The first-order valence-electron chi connectivity index (χ1n) is 9.96. The summed E-state index contributed by atoms with van der Waals surface area (Å²) in [5, 5.41) is 0. The van der Waals surface area contributed by atoms with Gasteiger partial charge < -0.3 is 24.0 Å². The van der Waals surface area contributed by atoms with Crippen molar-refractivity contribution < 1.29 is 28.6 Å². The number of piperidine rings is 1. The highest BCUT2D eigenvalue weighted by Crippen LogP contribution is 2.36. The summed E-state index contributed by atoms with van der Waals surface area (Å²) in [4.78, 5) is 41.0.